The fourth-order valence-corrected chi connectivity index (χ4v) is 5.42. The molecule has 0 amide bonds. The second-order valence-electron chi connectivity index (χ2n) is 6.28. The van der Waals surface area contributed by atoms with E-state index in [1.165, 1.54) is 0 Å². The van der Waals surface area contributed by atoms with E-state index in [9.17, 15) is 13.2 Å². The highest BCUT2D eigenvalue weighted by Gasteiger charge is 2.40. The van der Waals surface area contributed by atoms with Crippen molar-refractivity contribution in [2.24, 2.45) is 0 Å². The van der Waals surface area contributed by atoms with Gasteiger partial charge in [-0.1, -0.05) is 13.8 Å². The number of fused-ring (bicyclic) bond motifs is 3. The van der Waals surface area contributed by atoms with Crippen LogP contribution in [0.4, 0.5) is 0 Å². The average Bonchev–Trinajstić information content (AvgIpc) is 3.01. The second-order valence-corrected chi connectivity index (χ2v) is 9.52. The maximum Gasteiger partial charge on any atom is 0.348 e. The highest BCUT2D eigenvalue weighted by Crippen LogP contribution is 2.49. The molecule has 0 spiro atoms. The minimum absolute atomic E-state index is 0.191. The van der Waals surface area contributed by atoms with Gasteiger partial charge in [0.05, 0.1) is 18.5 Å². The van der Waals surface area contributed by atoms with E-state index in [-0.39, 0.29) is 16.2 Å². The van der Waals surface area contributed by atoms with Gasteiger partial charge in [-0.2, -0.15) is 5.10 Å². The Kier molecular flexibility index (Phi) is 3.64. The van der Waals surface area contributed by atoms with E-state index in [4.69, 9.17) is 4.74 Å². The van der Waals surface area contributed by atoms with Gasteiger partial charge in [0, 0.05) is 17.4 Å². The van der Waals surface area contributed by atoms with Crippen LogP contribution in [0.5, 0.6) is 0 Å². The third-order valence-corrected chi connectivity index (χ3v) is 7.05. The number of aromatic amines is 1. The molecule has 0 fully saturated rings. The lowest BCUT2D eigenvalue weighted by atomic mass is 9.73. The van der Waals surface area contributed by atoms with E-state index in [1.54, 1.807) is 13.1 Å². The van der Waals surface area contributed by atoms with Crippen LogP contribution in [-0.2, 0) is 26.4 Å². The summed E-state index contributed by atoms with van der Waals surface area (Å²) < 4.78 is 29.7. The highest BCUT2D eigenvalue weighted by molar-refractivity contribution is 7.93. The quantitative estimate of drug-likeness (QED) is 0.856. The van der Waals surface area contributed by atoms with Crippen molar-refractivity contribution in [2.75, 3.05) is 12.9 Å². The van der Waals surface area contributed by atoms with Crippen LogP contribution in [-0.4, -0.2) is 37.4 Å². The molecule has 8 heteroatoms. The van der Waals surface area contributed by atoms with Crippen LogP contribution in [0.2, 0.25) is 0 Å². The largest absolute Gasteiger partial charge is 0.462 e. The van der Waals surface area contributed by atoms with E-state index >= 15 is 0 Å². The number of thiophene rings is 1. The summed E-state index contributed by atoms with van der Waals surface area (Å²) in [6.45, 7) is 6.08. The number of aromatic nitrogens is 2. The number of carbonyl (C=O) groups is 1. The van der Waals surface area contributed by atoms with Crippen LogP contribution in [0.1, 0.15) is 41.6 Å². The molecular formula is C15H18N2O4S2. The van der Waals surface area contributed by atoms with E-state index in [0.29, 0.717) is 22.6 Å². The fraction of sp³-hybridized carbons (Fsp3) is 0.467. The molecule has 0 radical (unpaired) electrons. The van der Waals surface area contributed by atoms with Gasteiger partial charge in [0.1, 0.15) is 9.09 Å². The summed E-state index contributed by atoms with van der Waals surface area (Å²) in [5, 5.41) is 6.99. The number of H-pyrrole nitrogens is 1. The first-order valence-electron chi connectivity index (χ1n) is 7.24. The third-order valence-electron chi connectivity index (χ3n) is 4.01. The smallest absolute Gasteiger partial charge is 0.348 e. The number of rotatable bonds is 3. The van der Waals surface area contributed by atoms with Gasteiger partial charge in [0.25, 0.3) is 0 Å². The van der Waals surface area contributed by atoms with Gasteiger partial charge < -0.3 is 4.74 Å². The number of hydrogen-bond acceptors (Lipinski definition) is 6. The molecule has 0 aromatic carbocycles. The lowest BCUT2D eigenvalue weighted by Gasteiger charge is -2.30. The number of carbonyl (C=O) groups excluding carboxylic acids is 1. The summed E-state index contributed by atoms with van der Waals surface area (Å²) in [4.78, 5) is 12.7. The van der Waals surface area contributed by atoms with Gasteiger partial charge >= 0.3 is 5.97 Å². The monoisotopic (exact) mass is 354 g/mol. The Balaban J connectivity index is 2.34. The molecule has 1 N–H and O–H groups in total. The standard InChI is InChI=1S/C15H18N2O4S2/c1-5-21-13(18)12-8-6-15(2,3)9-7-16-17-11(9)10(8)14(22-12)23(4,19)20/h7H,5-6H2,1-4H3,(H,16,17). The van der Waals surface area contributed by atoms with Crippen molar-refractivity contribution >= 4 is 27.1 Å². The summed E-state index contributed by atoms with van der Waals surface area (Å²) in [5.41, 5.74) is 2.71. The summed E-state index contributed by atoms with van der Waals surface area (Å²) in [7, 11) is -3.47. The molecule has 3 rings (SSSR count). The Bertz CT molecular complexity index is 891. The number of sulfone groups is 1. The van der Waals surface area contributed by atoms with Crippen molar-refractivity contribution in [3.05, 3.63) is 22.2 Å². The Morgan fingerprint density at radius 3 is 2.78 bits per heavy atom. The Labute approximate surface area is 138 Å². The molecule has 0 unspecified atom stereocenters. The van der Waals surface area contributed by atoms with E-state index in [0.717, 1.165) is 28.7 Å². The van der Waals surface area contributed by atoms with Crippen molar-refractivity contribution in [1.82, 2.24) is 10.2 Å². The molecular weight excluding hydrogens is 336 g/mol. The third kappa shape index (κ3) is 2.49. The lowest BCUT2D eigenvalue weighted by Crippen LogP contribution is -2.26. The molecule has 124 valence electrons. The molecule has 1 aliphatic rings. The summed E-state index contributed by atoms with van der Waals surface area (Å²) in [6.07, 6.45) is 3.45. The van der Waals surface area contributed by atoms with Crippen LogP contribution in [0.3, 0.4) is 0 Å². The van der Waals surface area contributed by atoms with Crippen LogP contribution in [0.15, 0.2) is 10.4 Å². The zero-order chi connectivity index (χ0) is 17.0. The van der Waals surface area contributed by atoms with Gasteiger partial charge in [-0.15, -0.1) is 11.3 Å². The summed E-state index contributed by atoms with van der Waals surface area (Å²) >= 11 is 0.988. The molecule has 0 saturated carbocycles. The zero-order valence-electron chi connectivity index (χ0n) is 13.4. The number of hydrogen-bond donors (Lipinski definition) is 1. The number of esters is 1. The second kappa shape index (κ2) is 5.17. The number of nitrogens with one attached hydrogen (secondary N) is 1. The maximum absolute atomic E-state index is 12.3. The van der Waals surface area contributed by atoms with Gasteiger partial charge in [-0.05, 0) is 24.3 Å². The highest BCUT2D eigenvalue weighted by atomic mass is 32.2. The van der Waals surface area contributed by atoms with E-state index in [1.807, 2.05) is 0 Å². The maximum atomic E-state index is 12.3. The molecule has 2 aromatic rings. The van der Waals surface area contributed by atoms with E-state index < -0.39 is 15.8 Å². The van der Waals surface area contributed by atoms with Crippen molar-refractivity contribution in [1.29, 1.82) is 0 Å². The topological polar surface area (TPSA) is 89.1 Å². The van der Waals surface area contributed by atoms with Crippen LogP contribution >= 0.6 is 11.3 Å². The fourth-order valence-electron chi connectivity index (χ4n) is 3.01. The molecule has 0 atom stereocenters. The van der Waals surface area contributed by atoms with Gasteiger partial charge in [-0.25, -0.2) is 13.2 Å². The predicted octanol–water partition coefficient (Wildman–Crippen LogP) is 2.55. The van der Waals surface area contributed by atoms with Gasteiger partial charge in [-0.3, -0.25) is 5.10 Å². The average molecular weight is 354 g/mol. The van der Waals surface area contributed by atoms with E-state index in [2.05, 4.69) is 24.0 Å². The molecule has 6 nitrogen and oxygen atoms in total. The van der Waals surface area contributed by atoms with Gasteiger partial charge in [0.2, 0.25) is 0 Å². The van der Waals surface area contributed by atoms with Crippen molar-refractivity contribution in [3.63, 3.8) is 0 Å². The lowest BCUT2D eigenvalue weighted by molar-refractivity contribution is 0.0530. The first-order valence-corrected chi connectivity index (χ1v) is 9.94. The molecule has 1 aliphatic carbocycles. The molecule has 2 aromatic heterocycles. The van der Waals surface area contributed by atoms with Gasteiger partial charge in [0.15, 0.2) is 9.84 Å². The molecule has 2 heterocycles. The summed E-state index contributed by atoms with van der Waals surface area (Å²) in [5.74, 6) is -0.470. The molecule has 0 saturated heterocycles. The molecule has 0 bridgehead atoms. The molecule has 0 aliphatic heterocycles. The minimum atomic E-state index is -3.47. The normalized spacial score (nSPS) is 15.8. The Morgan fingerprint density at radius 1 is 1.48 bits per heavy atom. The van der Waals surface area contributed by atoms with Crippen molar-refractivity contribution < 1.29 is 17.9 Å². The SMILES string of the molecule is CCOC(=O)c1sc(S(C)(=O)=O)c2c1CC(C)(C)c1cn[nH]c1-2. The Hall–Kier alpha value is -1.67. The van der Waals surface area contributed by atoms with Crippen molar-refractivity contribution in [2.45, 2.75) is 36.8 Å². The zero-order valence-corrected chi connectivity index (χ0v) is 15.0. The summed E-state index contributed by atoms with van der Waals surface area (Å²) in [6, 6.07) is 0. The Morgan fingerprint density at radius 2 is 2.17 bits per heavy atom. The van der Waals surface area contributed by atoms with Crippen LogP contribution < -0.4 is 0 Å². The van der Waals surface area contributed by atoms with Crippen LogP contribution in [0.25, 0.3) is 11.3 Å². The molecule has 23 heavy (non-hydrogen) atoms. The number of ether oxygens (including phenoxy) is 1. The minimum Gasteiger partial charge on any atom is -0.462 e. The van der Waals surface area contributed by atoms with Crippen molar-refractivity contribution in [3.8, 4) is 11.3 Å². The van der Waals surface area contributed by atoms with Crippen LogP contribution in [0, 0.1) is 0 Å². The first-order chi connectivity index (χ1) is 10.7. The predicted molar refractivity (Wildman–Crippen MR) is 87.7 cm³/mol. The number of nitrogens with zero attached hydrogens (tertiary/aromatic N) is 1. The first kappa shape index (κ1) is 16.2.